The van der Waals surface area contributed by atoms with Gasteiger partial charge in [0.1, 0.15) is 23.8 Å². The maximum Gasteiger partial charge on any atom is 0.133 e. The zero-order valence-electron chi connectivity index (χ0n) is 14.0. The van der Waals surface area contributed by atoms with E-state index >= 15 is 0 Å². The predicted octanol–water partition coefficient (Wildman–Crippen LogP) is 2.03. The molecule has 6 nitrogen and oxygen atoms in total. The lowest BCUT2D eigenvalue weighted by molar-refractivity contribution is 0.533. The minimum atomic E-state index is 0.614. The second kappa shape index (κ2) is 5.40. The van der Waals surface area contributed by atoms with Crippen LogP contribution in [0.3, 0.4) is 0 Å². The van der Waals surface area contributed by atoms with E-state index in [1.54, 1.807) is 6.33 Å². The van der Waals surface area contributed by atoms with Crippen LogP contribution in [0.4, 0.5) is 11.6 Å². The highest BCUT2D eigenvalue weighted by atomic mass is 15.3. The van der Waals surface area contributed by atoms with E-state index in [-0.39, 0.29) is 0 Å². The van der Waals surface area contributed by atoms with Gasteiger partial charge in [0.15, 0.2) is 0 Å². The summed E-state index contributed by atoms with van der Waals surface area (Å²) in [6.45, 7) is 6.37. The molecule has 24 heavy (non-hydrogen) atoms. The van der Waals surface area contributed by atoms with Gasteiger partial charge in [0, 0.05) is 61.9 Å². The molecule has 2 aromatic rings. The van der Waals surface area contributed by atoms with E-state index in [1.165, 1.54) is 12.8 Å². The van der Waals surface area contributed by atoms with Crippen LogP contribution < -0.4 is 9.80 Å². The molecular formula is C18H22N6. The van der Waals surface area contributed by atoms with Crippen LogP contribution >= 0.6 is 0 Å². The molecule has 2 unspecified atom stereocenters. The molecular weight excluding hydrogens is 300 g/mol. The summed E-state index contributed by atoms with van der Waals surface area (Å²) < 4.78 is 0. The summed E-state index contributed by atoms with van der Waals surface area (Å²) in [6, 6.07) is 4.16. The van der Waals surface area contributed by atoms with Crippen molar-refractivity contribution in [1.82, 2.24) is 19.9 Å². The van der Waals surface area contributed by atoms with E-state index in [1.807, 2.05) is 13.1 Å². The third kappa shape index (κ3) is 2.50. The molecule has 2 aromatic heterocycles. The maximum atomic E-state index is 4.81. The van der Waals surface area contributed by atoms with E-state index in [0.29, 0.717) is 17.8 Å². The highest BCUT2D eigenvalue weighted by Gasteiger charge is 2.41. The quantitative estimate of drug-likeness (QED) is 0.862. The summed E-state index contributed by atoms with van der Waals surface area (Å²) in [7, 11) is 0. The van der Waals surface area contributed by atoms with Gasteiger partial charge >= 0.3 is 0 Å². The van der Waals surface area contributed by atoms with Crippen LogP contribution in [-0.4, -0.2) is 46.1 Å². The number of rotatable bonds is 3. The van der Waals surface area contributed by atoms with Gasteiger partial charge in [-0.3, -0.25) is 0 Å². The van der Waals surface area contributed by atoms with Gasteiger partial charge in [-0.1, -0.05) is 0 Å². The average molecular weight is 322 g/mol. The molecule has 3 fully saturated rings. The minimum absolute atomic E-state index is 0.614. The zero-order chi connectivity index (χ0) is 16.1. The van der Waals surface area contributed by atoms with Crippen molar-refractivity contribution in [3.63, 3.8) is 0 Å². The summed E-state index contributed by atoms with van der Waals surface area (Å²) in [4.78, 5) is 22.8. The molecule has 3 aliphatic rings. The van der Waals surface area contributed by atoms with Crippen molar-refractivity contribution < 1.29 is 0 Å². The van der Waals surface area contributed by atoms with E-state index in [9.17, 15) is 0 Å². The zero-order valence-corrected chi connectivity index (χ0v) is 14.0. The fraction of sp³-hybridized carbons (Fsp3) is 0.556. The van der Waals surface area contributed by atoms with E-state index in [0.717, 1.165) is 49.3 Å². The van der Waals surface area contributed by atoms with Crippen molar-refractivity contribution in [2.75, 3.05) is 36.0 Å². The largest absolute Gasteiger partial charge is 0.356 e. The molecule has 6 heteroatoms. The minimum Gasteiger partial charge on any atom is -0.356 e. The normalized spacial score (nSPS) is 26.0. The predicted molar refractivity (Wildman–Crippen MR) is 92.2 cm³/mol. The first-order valence-electron chi connectivity index (χ1n) is 8.88. The van der Waals surface area contributed by atoms with Crippen molar-refractivity contribution in [2.24, 2.45) is 11.8 Å². The molecule has 4 heterocycles. The molecule has 0 amide bonds. The number of nitrogens with zero attached hydrogens (tertiary/aromatic N) is 6. The molecule has 1 aliphatic carbocycles. The Labute approximate surface area is 142 Å². The summed E-state index contributed by atoms with van der Waals surface area (Å²) in [5.74, 6) is 5.23. The molecule has 2 aliphatic heterocycles. The second-order valence-corrected chi connectivity index (χ2v) is 7.40. The van der Waals surface area contributed by atoms with E-state index in [2.05, 4.69) is 36.9 Å². The van der Waals surface area contributed by atoms with Crippen LogP contribution in [0.5, 0.6) is 0 Å². The van der Waals surface area contributed by atoms with Crippen LogP contribution in [0.15, 0.2) is 24.7 Å². The molecule has 2 atom stereocenters. The lowest BCUT2D eigenvalue weighted by Crippen LogP contribution is -2.29. The third-order valence-electron chi connectivity index (χ3n) is 5.53. The Morgan fingerprint density at radius 1 is 0.917 bits per heavy atom. The number of fused-ring (bicyclic) bond motifs is 1. The molecule has 0 N–H and O–H groups in total. The molecule has 5 rings (SSSR count). The third-order valence-corrected chi connectivity index (χ3v) is 5.53. The number of aryl methyl sites for hydroxylation is 1. The maximum absolute atomic E-state index is 4.81. The summed E-state index contributed by atoms with van der Waals surface area (Å²) in [5.41, 5.74) is 1.03. The Kier molecular flexibility index (Phi) is 3.18. The Hall–Kier alpha value is -2.24. The number of hydrogen-bond donors (Lipinski definition) is 0. The Balaban J connectivity index is 1.29. The monoisotopic (exact) mass is 322 g/mol. The summed E-state index contributed by atoms with van der Waals surface area (Å²) in [6.07, 6.45) is 6.11. The fourth-order valence-corrected chi connectivity index (χ4v) is 4.06. The van der Waals surface area contributed by atoms with E-state index in [4.69, 9.17) is 4.98 Å². The lowest BCUT2D eigenvalue weighted by Gasteiger charge is -2.23. The first kappa shape index (κ1) is 14.1. The fourth-order valence-electron chi connectivity index (χ4n) is 4.06. The first-order valence-corrected chi connectivity index (χ1v) is 8.88. The van der Waals surface area contributed by atoms with Crippen molar-refractivity contribution in [2.45, 2.75) is 25.7 Å². The second-order valence-electron chi connectivity index (χ2n) is 7.40. The highest BCUT2D eigenvalue weighted by Crippen LogP contribution is 2.39. The summed E-state index contributed by atoms with van der Waals surface area (Å²) >= 11 is 0. The molecule has 1 saturated carbocycles. The van der Waals surface area contributed by atoms with Crippen molar-refractivity contribution in [1.29, 1.82) is 0 Å². The van der Waals surface area contributed by atoms with Crippen LogP contribution in [0, 0.1) is 18.8 Å². The van der Waals surface area contributed by atoms with Gasteiger partial charge in [-0.25, -0.2) is 19.9 Å². The van der Waals surface area contributed by atoms with Crippen molar-refractivity contribution >= 4 is 11.6 Å². The first-order chi connectivity index (χ1) is 11.8. The van der Waals surface area contributed by atoms with E-state index < -0.39 is 0 Å². The molecule has 2 saturated heterocycles. The average Bonchev–Trinajstić information content (AvgIpc) is 3.25. The molecule has 0 radical (unpaired) electrons. The van der Waals surface area contributed by atoms with Gasteiger partial charge < -0.3 is 9.80 Å². The topological polar surface area (TPSA) is 58.0 Å². The van der Waals surface area contributed by atoms with Gasteiger partial charge in [-0.2, -0.15) is 0 Å². The SMILES string of the molecule is Cc1cc(N2CC3CN(c4ccnc(C5CC5)n4)CC3C2)ncn1. The molecule has 0 spiro atoms. The smallest absolute Gasteiger partial charge is 0.133 e. The van der Waals surface area contributed by atoms with Crippen LogP contribution in [0.2, 0.25) is 0 Å². The van der Waals surface area contributed by atoms with Gasteiger partial charge in [-0.05, 0) is 25.8 Å². The Morgan fingerprint density at radius 3 is 2.29 bits per heavy atom. The Bertz CT molecular complexity index is 745. The molecule has 0 bridgehead atoms. The van der Waals surface area contributed by atoms with Crippen molar-refractivity contribution in [3.05, 3.63) is 36.2 Å². The summed E-state index contributed by atoms with van der Waals surface area (Å²) in [5, 5.41) is 0. The van der Waals surface area contributed by atoms with Crippen LogP contribution in [0.25, 0.3) is 0 Å². The van der Waals surface area contributed by atoms with Gasteiger partial charge in [0.25, 0.3) is 0 Å². The van der Waals surface area contributed by atoms with Gasteiger partial charge in [0.2, 0.25) is 0 Å². The Morgan fingerprint density at radius 2 is 1.62 bits per heavy atom. The van der Waals surface area contributed by atoms with Gasteiger partial charge in [0.05, 0.1) is 0 Å². The van der Waals surface area contributed by atoms with Crippen molar-refractivity contribution in [3.8, 4) is 0 Å². The van der Waals surface area contributed by atoms with Crippen LogP contribution in [-0.2, 0) is 0 Å². The molecule has 124 valence electrons. The van der Waals surface area contributed by atoms with Gasteiger partial charge in [-0.15, -0.1) is 0 Å². The number of hydrogen-bond acceptors (Lipinski definition) is 6. The molecule has 0 aromatic carbocycles. The van der Waals surface area contributed by atoms with Crippen LogP contribution in [0.1, 0.15) is 30.3 Å². The highest BCUT2D eigenvalue weighted by molar-refractivity contribution is 5.45. The number of aromatic nitrogens is 4. The number of anilines is 2. The standard InChI is InChI=1S/C18H22N6/c1-12-6-17(21-11-20-12)24-9-14-7-23(8-15(14)10-24)16-4-5-19-18(22-16)13-2-3-13/h4-6,11,13-15H,2-3,7-10H2,1H3. The lowest BCUT2D eigenvalue weighted by atomic mass is 10.0.